The van der Waals surface area contributed by atoms with Crippen LogP contribution in [0.3, 0.4) is 0 Å². The minimum atomic E-state index is -0.421. The van der Waals surface area contributed by atoms with Crippen LogP contribution in [0.1, 0.15) is 20.8 Å². The molecule has 0 bridgehead atoms. The van der Waals surface area contributed by atoms with Gasteiger partial charge in [0, 0.05) is 26.7 Å². The summed E-state index contributed by atoms with van der Waals surface area (Å²) in [6.07, 6.45) is 0. The second kappa shape index (κ2) is 6.88. The molecule has 1 rings (SSSR count). The van der Waals surface area contributed by atoms with E-state index in [-0.39, 0.29) is 12.6 Å². The van der Waals surface area contributed by atoms with E-state index in [4.69, 9.17) is 5.73 Å². The van der Waals surface area contributed by atoms with Gasteiger partial charge in [-0.3, -0.25) is 4.79 Å². The van der Waals surface area contributed by atoms with Gasteiger partial charge in [-0.25, -0.2) is 0 Å². The number of nitrogens with two attached hydrogens (primary N) is 1. The van der Waals surface area contributed by atoms with Crippen molar-refractivity contribution in [3.05, 3.63) is 0 Å². The normalized spacial score (nSPS) is 10.5. The fourth-order valence-electron chi connectivity index (χ4n) is 1.57. The van der Waals surface area contributed by atoms with Gasteiger partial charge in [0.05, 0.1) is 6.54 Å². The number of anilines is 3. The molecule has 0 unspecified atom stereocenters. The monoisotopic (exact) mass is 281 g/mol. The molecular formula is C12H23N7O. The SMILES string of the molecule is CCNc1nc(N(C)C)nc(N(CC(N)=O)C(C)C)n1. The topological polar surface area (TPSA) is 100 Å². The first-order chi connectivity index (χ1) is 9.35. The average Bonchev–Trinajstić information content (AvgIpc) is 2.35. The van der Waals surface area contributed by atoms with Gasteiger partial charge in [0.2, 0.25) is 23.8 Å². The zero-order valence-electron chi connectivity index (χ0n) is 12.7. The van der Waals surface area contributed by atoms with Crippen LogP contribution in [0.4, 0.5) is 17.8 Å². The molecule has 0 aromatic carbocycles. The van der Waals surface area contributed by atoms with Crippen LogP contribution in [-0.2, 0) is 4.79 Å². The molecule has 20 heavy (non-hydrogen) atoms. The van der Waals surface area contributed by atoms with Crippen LogP contribution in [0.15, 0.2) is 0 Å². The Morgan fingerprint density at radius 1 is 1.25 bits per heavy atom. The Kier molecular flexibility index (Phi) is 5.48. The molecule has 1 amide bonds. The second-order valence-electron chi connectivity index (χ2n) is 4.87. The van der Waals surface area contributed by atoms with Crippen molar-refractivity contribution in [1.82, 2.24) is 15.0 Å². The van der Waals surface area contributed by atoms with Gasteiger partial charge in [0.25, 0.3) is 0 Å². The quantitative estimate of drug-likeness (QED) is 0.729. The molecule has 8 heteroatoms. The van der Waals surface area contributed by atoms with Gasteiger partial charge in [0.1, 0.15) is 0 Å². The summed E-state index contributed by atoms with van der Waals surface area (Å²) in [5.41, 5.74) is 5.29. The van der Waals surface area contributed by atoms with Crippen LogP contribution in [0.2, 0.25) is 0 Å². The zero-order valence-corrected chi connectivity index (χ0v) is 12.7. The van der Waals surface area contributed by atoms with Gasteiger partial charge < -0.3 is 20.9 Å². The number of nitrogens with zero attached hydrogens (tertiary/aromatic N) is 5. The molecule has 112 valence electrons. The largest absolute Gasteiger partial charge is 0.368 e. The average molecular weight is 281 g/mol. The molecule has 0 aliphatic heterocycles. The first kappa shape index (κ1) is 15.9. The number of rotatable bonds is 7. The van der Waals surface area contributed by atoms with Gasteiger partial charge in [-0.2, -0.15) is 15.0 Å². The van der Waals surface area contributed by atoms with E-state index < -0.39 is 5.91 Å². The Balaban J connectivity index is 3.21. The van der Waals surface area contributed by atoms with Crippen molar-refractivity contribution in [3.63, 3.8) is 0 Å². The van der Waals surface area contributed by atoms with Crippen LogP contribution in [0, 0.1) is 0 Å². The van der Waals surface area contributed by atoms with Crippen molar-refractivity contribution in [2.75, 3.05) is 42.3 Å². The maximum atomic E-state index is 11.2. The molecule has 0 saturated heterocycles. The highest BCUT2D eigenvalue weighted by molar-refractivity contribution is 5.79. The number of amides is 1. The van der Waals surface area contributed by atoms with Gasteiger partial charge in [-0.15, -0.1) is 0 Å². The summed E-state index contributed by atoms with van der Waals surface area (Å²) >= 11 is 0. The van der Waals surface area contributed by atoms with Crippen molar-refractivity contribution in [2.45, 2.75) is 26.8 Å². The third kappa shape index (κ3) is 4.22. The van der Waals surface area contributed by atoms with Crippen molar-refractivity contribution < 1.29 is 4.79 Å². The van der Waals surface area contributed by atoms with Crippen molar-refractivity contribution in [3.8, 4) is 0 Å². The minimum absolute atomic E-state index is 0.0504. The van der Waals surface area contributed by atoms with E-state index >= 15 is 0 Å². The molecule has 0 atom stereocenters. The number of hydrogen-bond acceptors (Lipinski definition) is 7. The van der Waals surface area contributed by atoms with E-state index in [9.17, 15) is 4.79 Å². The second-order valence-corrected chi connectivity index (χ2v) is 4.87. The van der Waals surface area contributed by atoms with Crippen LogP contribution in [0.25, 0.3) is 0 Å². The van der Waals surface area contributed by atoms with Gasteiger partial charge in [-0.05, 0) is 20.8 Å². The lowest BCUT2D eigenvalue weighted by Gasteiger charge is -2.26. The fraction of sp³-hybridized carbons (Fsp3) is 0.667. The maximum Gasteiger partial charge on any atom is 0.237 e. The summed E-state index contributed by atoms with van der Waals surface area (Å²) in [4.78, 5) is 27.7. The fourth-order valence-corrected chi connectivity index (χ4v) is 1.57. The predicted molar refractivity (Wildman–Crippen MR) is 80.0 cm³/mol. The minimum Gasteiger partial charge on any atom is -0.368 e. The molecule has 3 N–H and O–H groups in total. The number of aromatic nitrogens is 3. The highest BCUT2D eigenvalue weighted by Gasteiger charge is 2.18. The molecule has 1 heterocycles. The van der Waals surface area contributed by atoms with E-state index in [0.717, 1.165) is 0 Å². The highest BCUT2D eigenvalue weighted by Crippen LogP contribution is 2.17. The zero-order chi connectivity index (χ0) is 15.3. The van der Waals surface area contributed by atoms with Crippen LogP contribution in [0.5, 0.6) is 0 Å². The third-order valence-corrected chi connectivity index (χ3v) is 2.55. The van der Waals surface area contributed by atoms with Crippen LogP contribution < -0.4 is 20.9 Å². The summed E-state index contributed by atoms with van der Waals surface area (Å²) in [7, 11) is 3.70. The molecule has 0 aliphatic carbocycles. The Bertz CT molecular complexity index is 461. The summed E-state index contributed by atoms with van der Waals surface area (Å²) in [5, 5.41) is 3.06. The molecule has 1 aromatic heterocycles. The lowest BCUT2D eigenvalue weighted by molar-refractivity contribution is -0.116. The van der Waals surface area contributed by atoms with E-state index in [2.05, 4.69) is 20.3 Å². The van der Waals surface area contributed by atoms with Gasteiger partial charge >= 0.3 is 0 Å². The Morgan fingerprint density at radius 2 is 1.85 bits per heavy atom. The molecule has 0 saturated carbocycles. The first-order valence-corrected chi connectivity index (χ1v) is 6.57. The summed E-state index contributed by atoms with van der Waals surface area (Å²) < 4.78 is 0. The van der Waals surface area contributed by atoms with Crippen LogP contribution >= 0.6 is 0 Å². The van der Waals surface area contributed by atoms with E-state index in [1.165, 1.54) is 0 Å². The number of carbonyl (C=O) groups is 1. The number of hydrogen-bond donors (Lipinski definition) is 2. The maximum absolute atomic E-state index is 11.2. The van der Waals surface area contributed by atoms with Crippen LogP contribution in [-0.4, -0.2) is 54.1 Å². The molecule has 0 fully saturated rings. The third-order valence-electron chi connectivity index (χ3n) is 2.55. The summed E-state index contributed by atoms with van der Waals surface area (Å²) in [5.74, 6) is 1.03. The van der Waals surface area contributed by atoms with E-state index in [1.807, 2.05) is 34.9 Å². The van der Waals surface area contributed by atoms with Crippen molar-refractivity contribution in [1.29, 1.82) is 0 Å². The van der Waals surface area contributed by atoms with E-state index in [1.54, 1.807) is 9.80 Å². The highest BCUT2D eigenvalue weighted by atomic mass is 16.1. The lowest BCUT2D eigenvalue weighted by atomic mass is 10.3. The smallest absolute Gasteiger partial charge is 0.237 e. The summed E-state index contributed by atoms with van der Waals surface area (Å²) in [6, 6.07) is 0.0504. The standard InChI is InChI=1S/C12H23N7O/c1-6-14-10-15-11(18(4)5)17-12(16-10)19(8(2)3)7-9(13)20/h8H,6-7H2,1-5H3,(H2,13,20)(H,14,15,16,17). The molecule has 0 spiro atoms. The van der Waals surface area contributed by atoms with Crippen molar-refractivity contribution >= 4 is 23.8 Å². The molecule has 8 nitrogen and oxygen atoms in total. The van der Waals surface area contributed by atoms with Gasteiger partial charge in [-0.1, -0.05) is 0 Å². The first-order valence-electron chi connectivity index (χ1n) is 6.57. The number of carbonyl (C=O) groups excluding carboxylic acids is 1. The Hall–Kier alpha value is -2.12. The number of primary amides is 1. The Morgan fingerprint density at radius 3 is 2.30 bits per heavy atom. The molecular weight excluding hydrogens is 258 g/mol. The molecule has 0 radical (unpaired) electrons. The van der Waals surface area contributed by atoms with Gasteiger partial charge in [0.15, 0.2) is 0 Å². The molecule has 1 aromatic rings. The number of nitrogens with one attached hydrogen (secondary N) is 1. The predicted octanol–water partition coefficient (Wildman–Crippen LogP) is 0.0695. The molecule has 0 aliphatic rings. The Labute approximate surface area is 119 Å². The lowest BCUT2D eigenvalue weighted by Crippen LogP contribution is -2.40. The van der Waals surface area contributed by atoms with Crippen molar-refractivity contribution in [2.24, 2.45) is 5.73 Å². The van der Waals surface area contributed by atoms with E-state index in [0.29, 0.717) is 24.4 Å². The summed E-state index contributed by atoms with van der Waals surface area (Å²) in [6.45, 7) is 6.64.